The maximum Gasteiger partial charge on any atom is 0.182 e. The average Bonchev–Trinajstić information content (AvgIpc) is 3.01. The van der Waals surface area contributed by atoms with E-state index in [1.54, 1.807) is 6.20 Å². The number of pyridine rings is 1. The molecular formula is C18H18N6. The fourth-order valence-corrected chi connectivity index (χ4v) is 2.90. The van der Waals surface area contributed by atoms with E-state index in [4.69, 9.17) is 0 Å². The number of nitrogens with one attached hydrogen (secondary N) is 3. The first kappa shape index (κ1) is 14.4. The first-order valence-corrected chi connectivity index (χ1v) is 7.85. The molecule has 0 unspecified atom stereocenters. The molecular weight excluding hydrogens is 300 g/mol. The molecule has 6 heteroatoms. The van der Waals surface area contributed by atoms with Gasteiger partial charge in [-0.15, -0.1) is 0 Å². The summed E-state index contributed by atoms with van der Waals surface area (Å²) in [5.41, 5.74) is 5.03. The summed E-state index contributed by atoms with van der Waals surface area (Å²) in [7, 11) is 1.84. The summed E-state index contributed by atoms with van der Waals surface area (Å²) in [6, 6.07) is 10.1. The largest absolute Gasteiger partial charge is 0.373 e. The number of aromatic amines is 1. The van der Waals surface area contributed by atoms with E-state index >= 15 is 0 Å². The van der Waals surface area contributed by atoms with Crippen LogP contribution in [0.2, 0.25) is 0 Å². The van der Waals surface area contributed by atoms with Crippen molar-refractivity contribution in [3.05, 3.63) is 53.9 Å². The molecule has 3 aromatic heterocycles. The van der Waals surface area contributed by atoms with Gasteiger partial charge in [-0.05, 0) is 36.2 Å². The molecule has 0 bridgehead atoms. The quantitative estimate of drug-likeness (QED) is 0.537. The topological polar surface area (TPSA) is 78.5 Å². The van der Waals surface area contributed by atoms with E-state index < -0.39 is 0 Å². The van der Waals surface area contributed by atoms with Crippen LogP contribution in [0.15, 0.2) is 42.7 Å². The molecule has 0 spiro atoms. The van der Waals surface area contributed by atoms with E-state index in [1.807, 2.05) is 25.4 Å². The number of fused-ring (bicyclic) bond motifs is 2. The molecule has 24 heavy (non-hydrogen) atoms. The lowest BCUT2D eigenvalue weighted by Crippen LogP contribution is -2.03. The van der Waals surface area contributed by atoms with Crippen LogP contribution < -0.4 is 10.6 Å². The number of rotatable bonds is 4. The predicted octanol–water partition coefficient (Wildman–Crippen LogP) is 3.47. The minimum absolute atomic E-state index is 0.628. The van der Waals surface area contributed by atoms with Crippen molar-refractivity contribution in [2.24, 2.45) is 0 Å². The summed E-state index contributed by atoms with van der Waals surface area (Å²) in [5, 5.41) is 7.63. The minimum Gasteiger partial charge on any atom is -0.373 e. The Morgan fingerprint density at radius 1 is 1.08 bits per heavy atom. The van der Waals surface area contributed by atoms with E-state index in [0.29, 0.717) is 18.0 Å². The van der Waals surface area contributed by atoms with E-state index in [1.165, 1.54) is 16.5 Å². The van der Waals surface area contributed by atoms with Gasteiger partial charge in [0.15, 0.2) is 5.65 Å². The maximum atomic E-state index is 4.56. The van der Waals surface area contributed by atoms with Gasteiger partial charge < -0.3 is 15.6 Å². The zero-order valence-electron chi connectivity index (χ0n) is 13.6. The lowest BCUT2D eigenvalue weighted by molar-refractivity contribution is 1.11. The lowest BCUT2D eigenvalue weighted by Gasteiger charge is -2.08. The smallest absolute Gasteiger partial charge is 0.182 e. The third-order valence-corrected chi connectivity index (χ3v) is 4.11. The second-order valence-corrected chi connectivity index (χ2v) is 5.71. The third kappa shape index (κ3) is 2.52. The van der Waals surface area contributed by atoms with Gasteiger partial charge in [0.1, 0.15) is 17.2 Å². The normalized spacial score (nSPS) is 11.1. The molecule has 4 rings (SSSR count). The first-order chi connectivity index (χ1) is 11.7. The van der Waals surface area contributed by atoms with Crippen LogP contribution in [-0.2, 0) is 6.54 Å². The number of aryl methyl sites for hydroxylation is 1. The molecule has 0 aliphatic carbocycles. The van der Waals surface area contributed by atoms with Crippen molar-refractivity contribution in [1.29, 1.82) is 0 Å². The van der Waals surface area contributed by atoms with Crippen molar-refractivity contribution in [2.75, 3.05) is 17.7 Å². The zero-order chi connectivity index (χ0) is 16.5. The SMILES string of the molecule is CNc1ccc2ncc(NCc3cccc4[nH]cc(C)c34)nc2n1. The van der Waals surface area contributed by atoms with Gasteiger partial charge in [-0.1, -0.05) is 12.1 Å². The van der Waals surface area contributed by atoms with Crippen LogP contribution in [0.5, 0.6) is 0 Å². The first-order valence-electron chi connectivity index (χ1n) is 7.85. The molecule has 0 aliphatic heterocycles. The Labute approximate surface area is 139 Å². The average molecular weight is 318 g/mol. The monoisotopic (exact) mass is 318 g/mol. The molecule has 3 heterocycles. The summed E-state index contributed by atoms with van der Waals surface area (Å²) in [4.78, 5) is 16.7. The van der Waals surface area contributed by atoms with Gasteiger partial charge >= 0.3 is 0 Å². The number of aromatic nitrogens is 4. The van der Waals surface area contributed by atoms with Crippen LogP contribution in [-0.4, -0.2) is 27.0 Å². The number of H-pyrrole nitrogens is 1. The molecule has 0 amide bonds. The Bertz CT molecular complexity index is 1020. The maximum absolute atomic E-state index is 4.56. The predicted molar refractivity (Wildman–Crippen MR) is 97.2 cm³/mol. The summed E-state index contributed by atoms with van der Waals surface area (Å²) in [5.74, 6) is 1.50. The van der Waals surface area contributed by atoms with Crippen LogP contribution in [0.1, 0.15) is 11.1 Å². The molecule has 0 saturated carbocycles. The highest BCUT2D eigenvalue weighted by Crippen LogP contribution is 2.23. The van der Waals surface area contributed by atoms with E-state index in [0.717, 1.165) is 16.9 Å². The Hall–Kier alpha value is -3.15. The number of hydrogen-bond acceptors (Lipinski definition) is 5. The Balaban J connectivity index is 1.63. The highest BCUT2D eigenvalue weighted by molar-refractivity contribution is 5.86. The molecule has 3 N–H and O–H groups in total. The highest BCUT2D eigenvalue weighted by Gasteiger charge is 2.07. The molecule has 120 valence electrons. The summed E-state index contributed by atoms with van der Waals surface area (Å²) in [6.07, 6.45) is 3.78. The Morgan fingerprint density at radius 2 is 1.96 bits per heavy atom. The second kappa shape index (κ2) is 5.81. The second-order valence-electron chi connectivity index (χ2n) is 5.71. The number of nitrogens with zero attached hydrogens (tertiary/aromatic N) is 3. The van der Waals surface area contributed by atoms with Gasteiger partial charge in [-0.3, -0.25) is 0 Å². The van der Waals surface area contributed by atoms with Crippen LogP contribution in [0.4, 0.5) is 11.6 Å². The fraction of sp³-hybridized carbons (Fsp3) is 0.167. The van der Waals surface area contributed by atoms with Crippen molar-refractivity contribution in [3.63, 3.8) is 0 Å². The van der Waals surface area contributed by atoms with Gasteiger partial charge in [-0.2, -0.15) is 0 Å². The molecule has 0 aliphatic rings. The van der Waals surface area contributed by atoms with Crippen LogP contribution in [0.3, 0.4) is 0 Å². The van der Waals surface area contributed by atoms with Crippen molar-refractivity contribution in [3.8, 4) is 0 Å². The zero-order valence-corrected chi connectivity index (χ0v) is 13.6. The van der Waals surface area contributed by atoms with Crippen LogP contribution >= 0.6 is 0 Å². The van der Waals surface area contributed by atoms with E-state index in [-0.39, 0.29) is 0 Å². The molecule has 0 atom stereocenters. The summed E-state index contributed by atoms with van der Waals surface area (Å²) >= 11 is 0. The van der Waals surface area contributed by atoms with E-state index in [2.05, 4.69) is 55.7 Å². The molecule has 0 saturated heterocycles. The number of benzene rings is 1. The van der Waals surface area contributed by atoms with Gasteiger partial charge in [-0.25, -0.2) is 15.0 Å². The molecule has 6 nitrogen and oxygen atoms in total. The Kier molecular flexibility index (Phi) is 3.49. The van der Waals surface area contributed by atoms with Crippen molar-refractivity contribution in [1.82, 2.24) is 19.9 Å². The third-order valence-electron chi connectivity index (χ3n) is 4.11. The lowest BCUT2D eigenvalue weighted by atomic mass is 10.1. The van der Waals surface area contributed by atoms with Crippen molar-refractivity contribution in [2.45, 2.75) is 13.5 Å². The molecule has 0 fully saturated rings. The van der Waals surface area contributed by atoms with Gasteiger partial charge in [0.2, 0.25) is 0 Å². The van der Waals surface area contributed by atoms with Crippen molar-refractivity contribution < 1.29 is 0 Å². The van der Waals surface area contributed by atoms with Gasteiger partial charge in [0.25, 0.3) is 0 Å². The van der Waals surface area contributed by atoms with Crippen molar-refractivity contribution >= 4 is 33.7 Å². The Morgan fingerprint density at radius 3 is 2.83 bits per heavy atom. The molecule has 0 radical (unpaired) electrons. The molecule has 4 aromatic rings. The summed E-state index contributed by atoms with van der Waals surface area (Å²) in [6.45, 7) is 2.79. The van der Waals surface area contributed by atoms with Crippen LogP contribution in [0, 0.1) is 6.92 Å². The molecule has 1 aromatic carbocycles. The van der Waals surface area contributed by atoms with Crippen LogP contribution in [0.25, 0.3) is 22.1 Å². The van der Waals surface area contributed by atoms with Gasteiger partial charge in [0.05, 0.1) is 6.20 Å². The summed E-state index contributed by atoms with van der Waals surface area (Å²) < 4.78 is 0. The fourth-order valence-electron chi connectivity index (χ4n) is 2.90. The number of anilines is 2. The van der Waals surface area contributed by atoms with E-state index in [9.17, 15) is 0 Å². The minimum atomic E-state index is 0.628. The van der Waals surface area contributed by atoms with Gasteiger partial charge in [0, 0.05) is 30.7 Å². The highest BCUT2D eigenvalue weighted by atomic mass is 15.1. The standard InChI is InChI=1S/C18H18N6/c1-11-8-20-13-5-3-4-12(17(11)13)9-22-16-10-21-14-6-7-15(19-2)23-18(14)24-16/h3-8,10,20H,9H2,1-2H3,(H2,19,22,23,24). The number of hydrogen-bond donors (Lipinski definition) is 3.